The lowest BCUT2D eigenvalue weighted by Crippen LogP contribution is -2.06. The molecule has 3 aromatic rings. The van der Waals surface area contributed by atoms with Crippen LogP contribution < -0.4 is 0 Å². The first-order valence-corrected chi connectivity index (χ1v) is 7.73. The fourth-order valence-corrected chi connectivity index (χ4v) is 2.95. The van der Waals surface area contributed by atoms with Crippen LogP contribution in [0.2, 0.25) is 10.0 Å². The Kier molecular flexibility index (Phi) is 4.32. The smallest absolute Gasteiger partial charge is 0.354 e. The molecule has 0 saturated carbocycles. The van der Waals surface area contributed by atoms with Gasteiger partial charge in [0, 0.05) is 11.1 Å². The molecule has 128 valence electrons. The second-order valence-corrected chi connectivity index (χ2v) is 6.06. The Balaban J connectivity index is 2.13. The number of hydrogen-bond acceptors (Lipinski definition) is 5. The molecule has 3 rings (SSSR count). The highest BCUT2D eigenvalue weighted by Crippen LogP contribution is 2.32. The van der Waals surface area contributed by atoms with E-state index in [-0.39, 0.29) is 28.0 Å². The monoisotopic (exact) mass is 380 g/mol. The summed E-state index contributed by atoms with van der Waals surface area (Å²) >= 11 is 12.0. The summed E-state index contributed by atoms with van der Waals surface area (Å²) in [5.74, 6) is -0.592. The molecule has 2 aromatic heterocycles. The Bertz CT molecular complexity index is 1030. The first-order chi connectivity index (χ1) is 11.8. The van der Waals surface area contributed by atoms with Crippen molar-refractivity contribution in [1.82, 2.24) is 14.5 Å². The molecule has 8 nitrogen and oxygen atoms in total. The number of pyridine rings is 1. The van der Waals surface area contributed by atoms with Gasteiger partial charge in [-0.05, 0) is 30.7 Å². The zero-order valence-corrected chi connectivity index (χ0v) is 14.2. The summed E-state index contributed by atoms with van der Waals surface area (Å²) in [7, 11) is 0. The second-order valence-electron chi connectivity index (χ2n) is 5.24. The van der Waals surface area contributed by atoms with Gasteiger partial charge in [0.2, 0.25) is 0 Å². The van der Waals surface area contributed by atoms with Crippen molar-refractivity contribution in [3.63, 3.8) is 0 Å². The number of nitro groups is 1. The molecule has 1 N–H and O–H groups in total. The van der Waals surface area contributed by atoms with Gasteiger partial charge in [-0.25, -0.2) is 14.8 Å². The quantitative estimate of drug-likeness (QED) is 0.545. The Labute approximate surface area is 150 Å². The van der Waals surface area contributed by atoms with Gasteiger partial charge >= 0.3 is 5.97 Å². The normalized spacial score (nSPS) is 11.0. The van der Waals surface area contributed by atoms with E-state index in [1.54, 1.807) is 17.6 Å². The molecule has 0 aliphatic rings. The van der Waals surface area contributed by atoms with Crippen molar-refractivity contribution in [1.29, 1.82) is 0 Å². The maximum atomic E-state index is 11.1. The molecule has 0 aliphatic carbocycles. The predicted molar refractivity (Wildman–Crippen MR) is 91.4 cm³/mol. The van der Waals surface area contributed by atoms with Crippen molar-refractivity contribution in [2.75, 3.05) is 0 Å². The van der Waals surface area contributed by atoms with E-state index in [0.29, 0.717) is 22.6 Å². The average Bonchev–Trinajstić information content (AvgIpc) is 2.84. The van der Waals surface area contributed by atoms with Gasteiger partial charge in [0.25, 0.3) is 5.69 Å². The van der Waals surface area contributed by atoms with Gasteiger partial charge < -0.3 is 9.67 Å². The van der Waals surface area contributed by atoms with Crippen LogP contribution in [0, 0.1) is 17.0 Å². The van der Waals surface area contributed by atoms with E-state index in [0.717, 1.165) is 0 Å². The number of hydrogen-bond donors (Lipinski definition) is 1. The summed E-state index contributed by atoms with van der Waals surface area (Å²) < 4.78 is 1.64. The lowest BCUT2D eigenvalue weighted by atomic mass is 10.2. The molecular formula is C15H10Cl2N4O4. The number of aromatic nitrogens is 3. The molecule has 0 spiro atoms. The van der Waals surface area contributed by atoms with E-state index in [1.165, 1.54) is 18.2 Å². The Morgan fingerprint density at radius 1 is 1.28 bits per heavy atom. The summed E-state index contributed by atoms with van der Waals surface area (Å²) in [5.41, 5.74) is 0.931. The van der Waals surface area contributed by atoms with Gasteiger partial charge in [0.05, 0.1) is 11.5 Å². The number of halogens is 2. The van der Waals surface area contributed by atoms with Crippen LogP contribution in [0.1, 0.15) is 21.9 Å². The second kappa shape index (κ2) is 6.30. The first-order valence-electron chi connectivity index (χ1n) is 6.97. The van der Waals surface area contributed by atoms with Crippen molar-refractivity contribution in [2.45, 2.75) is 13.5 Å². The number of carbonyl (C=O) groups is 1. The number of imidazole rings is 1. The molecule has 25 heavy (non-hydrogen) atoms. The largest absolute Gasteiger partial charge is 0.477 e. The van der Waals surface area contributed by atoms with Crippen molar-refractivity contribution in [2.24, 2.45) is 0 Å². The minimum atomic E-state index is -1.16. The highest BCUT2D eigenvalue weighted by molar-refractivity contribution is 6.36. The van der Waals surface area contributed by atoms with Crippen LogP contribution in [0.25, 0.3) is 11.2 Å². The van der Waals surface area contributed by atoms with E-state index in [2.05, 4.69) is 9.97 Å². The van der Waals surface area contributed by atoms with Crippen LogP contribution >= 0.6 is 23.2 Å². The SMILES string of the molecule is Cc1nc2ccc(C(=O)O)nc2n1Cc1cc([N+](=O)[O-])c(Cl)cc1Cl. The van der Waals surface area contributed by atoms with Gasteiger partial charge in [-0.2, -0.15) is 0 Å². The third-order valence-electron chi connectivity index (χ3n) is 3.64. The lowest BCUT2D eigenvalue weighted by molar-refractivity contribution is -0.384. The van der Waals surface area contributed by atoms with Crippen LogP contribution in [0.3, 0.4) is 0 Å². The highest BCUT2D eigenvalue weighted by atomic mass is 35.5. The number of fused-ring (bicyclic) bond motifs is 1. The number of carboxylic acids is 1. The Morgan fingerprint density at radius 2 is 2.00 bits per heavy atom. The van der Waals surface area contributed by atoms with Crippen molar-refractivity contribution >= 4 is 46.0 Å². The first kappa shape index (κ1) is 17.1. The fraction of sp³-hybridized carbons (Fsp3) is 0.133. The minimum Gasteiger partial charge on any atom is -0.477 e. The van der Waals surface area contributed by atoms with Gasteiger partial charge in [-0.15, -0.1) is 0 Å². The van der Waals surface area contributed by atoms with Crippen LogP contribution in [0.4, 0.5) is 5.69 Å². The topological polar surface area (TPSA) is 111 Å². The molecule has 0 amide bonds. The van der Waals surface area contributed by atoms with E-state index >= 15 is 0 Å². The molecule has 0 saturated heterocycles. The van der Waals surface area contributed by atoms with Crippen molar-refractivity contribution in [3.05, 3.63) is 61.5 Å². The zero-order valence-electron chi connectivity index (χ0n) is 12.7. The maximum Gasteiger partial charge on any atom is 0.354 e. The Morgan fingerprint density at radius 3 is 2.64 bits per heavy atom. The summed E-state index contributed by atoms with van der Waals surface area (Å²) in [6.45, 7) is 1.86. The van der Waals surface area contributed by atoms with Crippen molar-refractivity contribution in [3.8, 4) is 0 Å². The summed E-state index contributed by atoms with van der Waals surface area (Å²) in [4.78, 5) is 30.0. The molecule has 0 bridgehead atoms. The Hall–Kier alpha value is -2.71. The maximum absolute atomic E-state index is 11.1. The van der Waals surface area contributed by atoms with E-state index in [1.807, 2.05) is 0 Å². The minimum absolute atomic E-state index is 0.0581. The molecule has 1 aromatic carbocycles. The fourth-order valence-electron chi connectivity index (χ4n) is 2.44. The van der Waals surface area contributed by atoms with E-state index < -0.39 is 10.9 Å². The standard InChI is InChI=1S/C15H10Cl2N4O4/c1-7-18-11-2-3-12(15(22)23)19-14(11)20(7)6-8-4-13(21(24)25)10(17)5-9(8)16/h2-5H,6H2,1H3,(H,22,23). The van der Waals surface area contributed by atoms with Crippen LogP contribution in [0.15, 0.2) is 24.3 Å². The number of carboxylic acid groups (broad SMARTS) is 1. The third-order valence-corrected chi connectivity index (χ3v) is 4.30. The van der Waals surface area contributed by atoms with E-state index in [4.69, 9.17) is 28.3 Å². The number of nitro benzene ring substituents is 1. The molecule has 0 unspecified atom stereocenters. The molecule has 0 atom stereocenters. The summed E-state index contributed by atoms with van der Waals surface area (Å²) in [5, 5.41) is 20.4. The van der Waals surface area contributed by atoms with Gasteiger partial charge in [0.15, 0.2) is 11.3 Å². The summed E-state index contributed by atoms with van der Waals surface area (Å²) in [6, 6.07) is 5.51. The van der Waals surface area contributed by atoms with Gasteiger partial charge in [0.1, 0.15) is 16.4 Å². The van der Waals surface area contributed by atoms with Gasteiger partial charge in [-0.3, -0.25) is 10.1 Å². The summed E-state index contributed by atoms with van der Waals surface area (Å²) in [6.07, 6.45) is 0. The number of rotatable bonds is 4. The zero-order chi connectivity index (χ0) is 18.3. The number of aromatic carboxylic acids is 1. The number of nitrogens with zero attached hydrogens (tertiary/aromatic N) is 4. The molecular weight excluding hydrogens is 371 g/mol. The molecule has 0 radical (unpaired) electrons. The molecule has 2 heterocycles. The molecule has 0 aliphatic heterocycles. The van der Waals surface area contributed by atoms with Crippen molar-refractivity contribution < 1.29 is 14.8 Å². The lowest BCUT2D eigenvalue weighted by Gasteiger charge is -2.09. The van der Waals surface area contributed by atoms with Crippen LogP contribution in [0.5, 0.6) is 0 Å². The highest BCUT2D eigenvalue weighted by Gasteiger charge is 2.19. The van der Waals surface area contributed by atoms with Gasteiger partial charge in [-0.1, -0.05) is 23.2 Å². The molecule has 10 heteroatoms. The molecule has 0 fully saturated rings. The van der Waals surface area contributed by atoms with Crippen LogP contribution in [-0.4, -0.2) is 30.5 Å². The number of aryl methyl sites for hydroxylation is 1. The number of benzene rings is 1. The third kappa shape index (κ3) is 3.13. The predicted octanol–water partition coefficient (Wildman–Crippen LogP) is 3.70. The average molecular weight is 381 g/mol. The van der Waals surface area contributed by atoms with E-state index in [9.17, 15) is 14.9 Å². The van der Waals surface area contributed by atoms with Crippen LogP contribution in [-0.2, 0) is 6.54 Å².